The number of amides is 1. The number of aldehydes is 1. The number of methoxy groups -OCH3 is 1. The summed E-state index contributed by atoms with van der Waals surface area (Å²) in [7, 11) is 3.32. The number of rotatable bonds is 9. The first kappa shape index (κ1) is 19.1. The zero-order valence-corrected chi connectivity index (χ0v) is 13.6. The van der Waals surface area contributed by atoms with Gasteiger partial charge in [0.2, 0.25) is 5.91 Å². The number of ether oxygens (including phenoxy) is 1. The molecule has 0 aromatic heterocycles. The van der Waals surface area contributed by atoms with Gasteiger partial charge in [-0.2, -0.15) is 0 Å². The van der Waals surface area contributed by atoms with E-state index in [1.165, 1.54) is 0 Å². The third-order valence-electron chi connectivity index (χ3n) is 4.04. The average molecular weight is 286 g/mol. The number of hydrogen-bond donors (Lipinski definition) is 1. The molecular formula is C15H30N2O3. The van der Waals surface area contributed by atoms with E-state index in [1.54, 1.807) is 19.1 Å². The quantitative estimate of drug-likeness (QED) is 0.651. The molecule has 0 saturated carbocycles. The molecule has 0 saturated heterocycles. The Morgan fingerprint density at radius 1 is 1.35 bits per heavy atom. The predicted octanol–water partition coefficient (Wildman–Crippen LogP) is 1.45. The molecule has 0 spiro atoms. The van der Waals surface area contributed by atoms with Gasteiger partial charge < -0.3 is 20.2 Å². The molecule has 5 heteroatoms. The molecule has 2 N–H and O–H groups in total. The van der Waals surface area contributed by atoms with Gasteiger partial charge in [-0.25, -0.2) is 0 Å². The third kappa shape index (κ3) is 4.87. The van der Waals surface area contributed by atoms with Gasteiger partial charge in [0, 0.05) is 20.6 Å². The van der Waals surface area contributed by atoms with Crippen LogP contribution in [0.4, 0.5) is 0 Å². The van der Waals surface area contributed by atoms with E-state index in [2.05, 4.69) is 13.8 Å². The first-order chi connectivity index (χ1) is 9.31. The summed E-state index contributed by atoms with van der Waals surface area (Å²) in [6.45, 7) is 7.97. The fraction of sp³-hybridized carbons (Fsp3) is 0.867. The predicted molar refractivity (Wildman–Crippen MR) is 80.3 cm³/mol. The van der Waals surface area contributed by atoms with Crippen molar-refractivity contribution in [2.75, 3.05) is 14.2 Å². The molecule has 20 heavy (non-hydrogen) atoms. The molecule has 4 atom stereocenters. The van der Waals surface area contributed by atoms with Crippen molar-refractivity contribution in [2.45, 2.75) is 58.7 Å². The highest BCUT2D eigenvalue weighted by Crippen LogP contribution is 2.22. The Labute approximate surface area is 122 Å². The topological polar surface area (TPSA) is 72.6 Å². The highest BCUT2D eigenvalue weighted by Gasteiger charge is 2.34. The summed E-state index contributed by atoms with van der Waals surface area (Å²) < 4.78 is 5.42. The maximum absolute atomic E-state index is 12.4. The van der Waals surface area contributed by atoms with Crippen LogP contribution in [0.25, 0.3) is 0 Å². The molecule has 0 bridgehead atoms. The Hall–Kier alpha value is -0.940. The SMILES string of the molecule is CCC(C)C(C(CC=O)OC)N(C)C(=O)[C@@H](N)C(C)C. The molecule has 0 rings (SSSR count). The van der Waals surface area contributed by atoms with Crippen LogP contribution in [0.1, 0.15) is 40.5 Å². The van der Waals surface area contributed by atoms with E-state index < -0.39 is 6.04 Å². The van der Waals surface area contributed by atoms with Crippen LogP contribution < -0.4 is 5.73 Å². The van der Waals surface area contributed by atoms with Crippen LogP contribution in [0.5, 0.6) is 0 Å². The molecule has 1 amide bonds. The van der Waals surface area contributed by atoms with Gasteiger partial charge >= 0.3 is 0 Å². The molecule has 5 nitrogen and oxygen atoms in total. The van der Waals surface area contributed by atoms with E-state index in [1.807, 2.05) is 13.8 Å². The summed E-state index contributed by atoms with van der Waals surface area (Å²) in [5, 5.41) is 0. The molecule has 0 aliphatic rings. The normalized spacial score (nSPS) is 17.4. The first-order valence-corrected chi connectivity index (χ1v) is 7.30. The van der Waals surface area contributed by atoms with Gasteiger partial charge in [0.25, 0.3) is 0 Å². The van der Waals surface area contributed by atoms with Crippen molar-refractivity contribution in [2.24, 2.45) is 17.6 Å². The standard InChI is InChI=1S/C15H30N2O3/c1-7-11(4)14(12(20-6)8-9-18)17(5)15(19)13(16)10(2)3/h9-14H,7-8,16H2,1-6H3/t11?,12?,13-,14?/m0/s1. The van der Waals surface area contributed by atoms with Crippen LogP contribution in [0.3, 0.4) is 0 Å². The van der Waals surface area contributed by atoms with Gasteiger partial charge in [0.05, 0.1) is 18.2 Å². The molecular weight excluding hydrogens is 256 g/mol. The lowest BCUT2D eigenvalue weighted by Crippen LogP contribution is -2.54. The van der Waals surface area contributed by atoms with E-state index in [-0.39, 0.29) is 36.3 Å². The summed E-state index contributed by atoms with van der Waals surface area (Å²) in [4.78, 5) is 24.9. The number of nitrogens with zero attached hydrogens (tertiary/aromatic N) is 1. The zero-order valence-electron chi connectivity index (χ0n) is 13.6. The Bertz CT molecular complexity index is 307. The summed E-state index contributed by atoms with van der Waals surface area (Å²) in [5.74, 6) is 0.209. The zero-order chi connectivity index (χ0) is 15.9. The van der Waals surface area contributed by atoms with Crippen molar-refractivity contribution in [3.8, 4) is 0 Å². The number of nitrogens with two attached hydrogens (primary N) is 1. The van der Waals surface area contributed by atoms with E-state index in [4.69, 9.17) is 10.5 Å². The summed E-state index contributed by atoms with van der Waals surface area (Å²) in [5.41, 5.74) is 5.95. The largest absolute Gasteiger partial charge is 0.379 e. The molecule has 0 aliphatic carbocycles. The van der Waals surface area contributed by atoms with Crippen molar-refractivity contribution in [3.63, 3.8) is 0 Å². The van der Waals surface area contributed by atoms with Crippen LogP contribution in [-0.2, 0) is 14.3 Å². The van der Waals surface area contributed by atoms with Crippen LogP contribution in [0.15, 0.2) is 0 Å². The summed E-state index contributed by atoms with van der Waals surface area (Å²) in [6.07, 6.45) is 1.72. The van der Waals surface area contributed by atoms with Gasteiger partial charge in [-0.1, -0.05) is 34.1 Å². The van der Waals surface area contributed by atoms with Gasteiger partial charge in [0.1, 0.15) is 6.29 Å². The lowest BCUT2D eigenvalue weighted by Gasteiger charge is -2.38. The van der Waals surface area contributed by atoms with E-state index >= 15 is 0 Å². The minimum absolute atomic E-state index is 0.0783. The van der Waals surface area contributed by atoms with Crippen molar-refractivity contribution in [1.29, 1.82) is 0 Å². The van der Waals surface area contributed by atoms with Crippen LogP contribution >= 0.6 is 0 Å². The molecule has 118 valence electrons. The van der Waals surface area contributed by atoms with Crippen LogP contribution in [0.2, 0.25) is 0 Å². The average Bonchev–Trinajstić information content (AvgIpc) is 2.44. The van der Waals surface area contributed by atoms with E-state index in [0.717, 1.165) is 12.7 Å². The highest BCUT2D eigenvalue weighted by atomic mass is 16.5. The summed E-state index contributed by atoms with van der Waals surface area (Å²) >= 11 is 0. The Morgan fingerprint density at radius 2 is 1.90 bits per heavy atom. The second-order valence-corrected chi connectivity index (χ2v) is 5.77. The van der Waals surface area contributed by atoms with Crippen molar-refractivity contribution < 1.29 is 14.3 Å². The molecule has 0 fully saturated rings. The number of carbonyl (C=O) groups is 2. The fourth-order valence-corrected chi connectivity index (χ4v) is 2.38. The van der Waals surface area contributed by atoms with Crippen molar-refractivity contribution in [1.82, 2.24) is 4.90 Å². The minimum Gasteiger partial charge on any atom is -0.379 e. The van der Waals surface area contributed by atoms with E-state index in [9.17, 15) is 9.59 Å². The van der Waals surface area contributed by atoms with Gasteiger partial charge in [0.15, 0.2) is 0 Å². The first-order valence-electron chi connectivity index (χ1n) is 7.30. The molecule has 3 unspecified atom stereocenters. The van der Waals surface area contributed by atoms with Gasteiger partial charge in [-0.05, 0) is 11.8 Å². The number of likely N-dealkylation sites (N-methyl/N-ethyl adjacent to an activating group) is 1. The summed E-state index contributed by atoms with van der Waals surface area (Å²) in [6, 6.07) is -0.673. The molecule has 0 aromatic carbocycles. The highest BCUT2D eigenvalue weighted by molar-refractivity contribution is 5.82. The number of carbonyl (C=O) groups excluding carboxylic acids is 2. The van der Waals surface area contributed by atoms with Gasteiger partial charge in [-0.3, -0.25) is 4.79 Å². The molecule has 0 aromatic rings. The van der Waals surface area contributed by atoms with E-state index in [0.29, 0.717) is 0 Å². The Balaban J connectivity index is 5.20. The third-order valence-corrected chi connectivity index (χ3v) is 4.04. The smallest absolute Gasteiger partial charge is 0.239 e. The maximum Gasteiger partial charge on any atom is 0.239 e. The second kappa shape index (κ2) is 9.08. The van der Waals surface area contributed by atoms with Crippen LogP contribution in [0, 0.1) is 11.8 Å². The number of hydrogen-bond acceptors (Lipinski definition) is 4. The molecule has 0 heterocycles. The van der Waals surface area contributed by atoms with Crippen LogP contribution in [-0.4, -0.2) is 49.4 Å². The van der Waals surface area contributed by atoms with Gasteiger partial charge in [-0.15, -0.1) is 0 Å². The fourth-order valence-electron chi connectivity index (χ4n) is 2.38. The van der Waals surface area contributed by atoms with Crippen molar-refractivity contribution in [3.05, 3.63) is 0 Å². The monoisotopic (exact) mass is 286 g/mol. The molecule has 0 radical (unpaired) electrons. The minimum atomic E-state index is -0.528. The lowest BCUT2D eigenvalue weighted by atomic mass is 9.90. The Morgan fingerprint density at radius 3 is 2.25 bits per heavy atom. The Kier molecular flexibility index (Phi) is 8.65. The van der Waals surface area contributed by atoms with Crippen molar-refractivity contribution >= 4 is 12.2 Å². The maximum atomic E-state index is 12.4. The lowest BCUT2D eigenvalue weighted by molar-refractivity contribution is -0.140. The second-order valence-electron chi connectivity index (χ2n) is 5.77. The molecule has 0 aliphatic heterocycles.